The molecule has 1 aromatic carbocycles. The third-order valence-corrected chi connectivity index (χ3v) is 9.19. The summed E-state index contributed by atoms with van der Waals surface area (Å²) < 4.78 is 5.21. The SMILES string of the molecule is CCCOC(=O)c1cccc(C[P+](CC)(CC)CC)c1. The number of ether oxygens (including phenoxy) is 1. The van der Waals surface area contributed by atoms with Crippen molar-refractivity contribution in [2.45, 2.75) is 40.3 Å². The predicted octanol–water partition coefficient (Wildman–Crippen LogP) is 4.83. The molecule has 0 unspecified atom stereocenters. The number of hydrogen-bond donors (Lipinski definition) is 0. The quantitative estimate of drug-likeness (QED) is 0.507. The van der Waals surface area contributed by atoms with E-state index in [-0.39, 0.29) is 5.97 Å². The number of hydrogen-bond acceptors (Lipinski definition) is 2. The second-order valence-corrected chi connectivity index (χ2v) is 10.2. The highest BCUT2D eigenvalue weighted by atomic mass is 31.2. The maximum atomic E-state index is 11.9. The van der Waals surface area contributed by atoms with Crippen LogP contribution in [0.4, 0.5) is 0 Å². The predicted molar refractivity (Wildman–Crippen MR) is 89.3 cm³/mol. The largest absolute Gasteiger partial charge is 0.462 e. The monoisotopic (exact) mass is 295 g/mol. The van der Waals surface area contributed by atoms with Gasteiger partial charge in [0.25, 0.3) is 0 Å². The smallest absolute Gasteiger partial charge is 0.338 e. The summed E-state index contributed by atoms with van der Waals surface area (Å²) in [5, 5.41) is 0. The van der Waals surface area contributed by atoms with Gasteiger partial charge in [0.15, 0.2) is 0 Å². The van der Waals surface area contributed by atoms with Crippen LogP contribution >= 0.6 is 7.26 Å². The molecule has 3 heteroatoms. The summed E-state index contributed by atoms with van der Waals surface area (Å²) in [6, 6.07) is 8.00. The van der Waals surface area contributed by atoms with E-state index in [1.54, 1.807) is 0 Å². The number of rotatable bonds is 8. The van der Waals surface area contributed by atoms with Gasteiger partial charge in [-0.25, -0.2) is 4.79 Å². The van der Waals surface area contributed by atoms with Crippen molar-refractivity contribution >= 4 is 13.2 Å². The molecule has 0 saturated heterocycles. The molecule has 1 aromatic rings. The van der Waals surface area contributed by atoms with Crippen molar-refractivity contribution in [3.05, 3.63) is 35.4 Å². The number of carbonyl (C=O) groups is 1. The molecule has 0 heterocycles. The Hall–Kier alpha value is -0.880. The summed E-state index contributed by atoms with van der Waals surface area (Å²) in [6.07, 6.45) is 5.85. The number of benzene rings is 1. The zero-order valence-electron chi connectivity index (χ0n) is 13.3. The van der Waals surface area contributed by atoms with E-state index in [2.05, 4.69) is 26.8 Å². The minimum Gasteiger partial charge on any atom is -0.462 e. The lowest BCUT2D eigenvalue weighted by molar-refractivity contribution is 0.0505. The summed E-state index contributed by atoms with van der Waals surface area (Å²) in [5.41, 5.74) is 1.98. The number of carbonyl (C=O) groups excluding carboxylic acids is 1. The Kier molecular flexibility index (Phi) is 7.23. The van der Waals surface area contributed by atoms with Gasteiger partial charge in [0.05, 0.1) is 36.8 Å². The Morgan fingerprint density at radius 1 is 1.10 bits per heavy atom. The van der Waals surface area contributed by atoms with Gasteiger partial charge in [0, 0.05) is 7.26 Å². The van der Waals surface area contributed by atoms with Gasteiger partial charge in [-0.3, -0.25) is 0 Å². The summed E-state index contributed by atoms with van der Waals surface area (Å²) in [6.45, 7) is 9.42. The van der Waals surface area contributed by atoms with Gasteiger partial charge < -0.3 is 4.74 Å². The number of esters is 1. The normalized spacial score (nSPS) is 11.4. The molecule has 0 aliphatic rings. The lowest BCUT2D eigenvalue weighted by Crippen LogP contribution is -2.08. The molecule has 0 spiro atoms. The van der Waals surface area contributed by atoms with Crippen LogP contribution in [0.25, 0.3) is 0 Å². The molecule has 0 radical (unpaired) electrons. The maximum absolute atomic E-state index is 11.9. The van der Waals surface area contributed by atoms with E-state index in [0.29, 0.717) is 12.2 Å². The highest BCUT2D eigenvalue weighted by molar-refractivity contribution is 7.75. The molecule has 0 aliphatic heterocycles. The van der Waals surface area contributed by atoms with E-state index in [4.69, 9.17) is 4.74 Å². The molecule has 0 bridgehead atoms. The molecule has 0 saturated carbocycles. The van der Waals surface area contributed by atoms with Crippen LogP contribution in [0.15, 0.2) is 24.3 Å². The van der Waals surface area contributed by atoms with Gasteiger partial charge in [-0.05, 0) is 44.9 Å². The average Bonchev–Trinajstić information content (AvgIpc) is 2.50. The van der Waals surface area contributed by atoms with E-state index in [0.717, 1.165) is 12.6 Å². The minimum atomic E-state index is -0.884. The fraction of sp³-hybridized carbons (Fsp3) is 0.588. The third kappa shape index (κ3) is 4.59. The molecule has 0 N–H and O–H groups in total. The second-order valence-electron chi connectivity index (χ2n) is 5.28. The Balaban J connectivity index is 2.85. The van der Waals surface area contributed by atoms with E-state index in [9.17, 15) is 4.79 Å². The van der Waals surface area contributed by atoms with Gasteiger partial charge in [-0.2, -0.15) is 0 Å². The van der Waals surface area contributed by atoms with E-state index >= 15 is 0 Å². The van der Waals surface area contributed by atoms with Crippen LogP contribution in [-0.4, -0.2) is 31.1 Å². The first-order valence-electron chi connectivity index (χ1n) is 7.72. The molecule has 20 heavy (non-hydrogen) atoms. The Bertz CT molecular complexity index is 416. The molecule has 0 amide bonds. The van der Waals surface area contributed by atoms with Gasteiger partial charge in [0.2, 0.25) is 0 Å². The van der Waals surface area contributed by atoms with Gasteiger partial charge in [-0.1, -0.05) is 19.1 Å². The van der Waals surface area contributed by atoms with Crippen molar-refractivity contribution in [1.29, 1.82) is 0 Å². The minimum absolute atomic E-state index is 0.192. The highest BCUT2D eigenvalue weighted by Crippen LogP contribution is 2.60. The van der Waals surface area contributed by atoms with Crippen molar-refractivity contribution in [3.8, 4) is 0 Å². The lowest BCUT2D eigenvalue weighted by Gasteiger charge is -2.23. The first-order valence-corrected chi connectivity index (χ1v) is 10.2. The molecule has 2 nitrogen and oxygen atoms in total. The van der Waals surface area contributed by atoms with Crippen molar-refractivity contribution in [2.75, 3.05) is 25.1 Å². The van der Waals surface area contributed by atoms with Crippen LogP contribution in [0, 0.1) is 0 Å². The fourth-order valence-electron chi connectivity index (χ4n) is 2.47. The molecular weight excluding hydrogens is 267 g/mol. The van der Waals surface area contributed by atoms with Gasteiger partial charge >= 0.3 is 5.97 Å². The van der Waals surface area contributed by atoms with Crippen molar-refractivity contribution in [2.24, 2.45) is 0 Å². The molecule has 0 aromatic heterocycles. The molecule has 1 rings (SSSR count). The van der Waals surface area contributed by atoms with Crippen LogP contribution in [-0.2, 0) is 10.9 Å². The van der Waals surface area contributed by atoms with Crippen LogP contribution in [0.2, 0.25) is 0 Å². The standard InChI is InChI=1S/C17H28O2P/c1-5-12-19-17(18)16-11-9-10-15(13-16)14-20(6-2,7-3)8-4/h9-11,13H,5-8,12,14H2,1-4H3/q+1. The van der Waals surface area contributed by atoms with Crippen molar-refractivity contribution in [3.63, 3.8) is 0 Å². The van der Waals surface area contributed by atoms with E-state index in [1.807, 2.05) is 25.1 Å². The van der Waals surface area contributed by atoms with Gasteiger partial charge in [0.1, 0.15) is 0 Å². The fourth-order valence-corrected chi connectivity index (χ4v) is 5.45. The van der Waals surface area contributed by atoms with E-state index < -0.39 is 7.26 Å². The second kappa shape index (κ2) is 8.42. The summed E-state index contributed by atoms with van der Waals surface area (Å²) in [7, 11) is -0.884. The van der Waals surface area contributed by atoms with Gasteiger partial charge in [-0.15, -0.1) is 0 Å². The topological polar surface area (TPSA) is 26.3 Å². The Labute approximate surface area is 124 Å². The molecule has 0 aliphatic carbocycles. The summed E-state index contributed by atoms with van der Waals surface area (Å²) in [4.78, 5) is 11.9. The lowest BCUT2D eigenvalue weighted by atomic mass is 10.1. The highest BCUT2D eigenvalue weighted by Gasteiger charge is 2.31. The van der Waals surface area contributed by atoms with Crippen LogP contribution in [0.5, 0.6) is 0 Å². The maximum Gasteiger partial charge on any atom is 0.338 e. The van der Waals surface area contributed by atoms with Crippen molar-refractivity contribution < 1.29 is 9.53 Å². The first-order chi connectivity index (χ1) is 9.60. The molecule has 112 valence electrons. The Morgan fingerprint density at radius 3 is 2.30 bits per heavy atom. The van der Waals surface area contributed by atoms with Crippen LogP contribution < -0.4 is 0 Å². The summed E-state index contributed by atoms with van der Waals surface area (Å²) >= 11 is 0. The average molecular weight is 295 g/mol. The zero-order valence-corrected chi connectivity index (χ0v) is 14.2. The first kappa shape index (κ1) is 17.2. The van der Waals surface area contributed by atoms with Crippen molar-refractivity contribution in [1.82, 2.24) is 0 Å². The summed E-state index contributed by atoms with van der Waals surface area (Å²) in [5.74, 6) is -0.192. The Morgan fingerprint density at radius 2 is 1.75 bits per heavy atom. The van der Waals surface area contributed by atoms with Crippen LogP contribution in [0.3, 0.4) is 0 Å². The molecule has 0 atom stereocenters. The van der Waals surface area contributed by atoms with Crippen LogP contribution in [0.1, 0.15) is 50.0 Å². The third-order valence-electron chi connectivity index (χ3n) is 4.13. The molecular formula is C17H28O2P+. The zero-order chi connectivity index (χ0) is 15.0. The molecule has 0 fully saturated rings. The van der Waals surface area contributed by atoms with E-state index in [1.165, 1.54) is 24.0 Å².